The lowest BCUT2D eigenvalue weighted by atomic mass is 9.90. The third-order valence-corrected chi connectivity index (χ3v) is 8.40. The maximum Gasteiger partial charge on any atom is 0.322 e. The number of hydrogen-bond acceptors (Lipinski definition) is 5. The van der Waals surface area contributed by atoms with Crippen LogP contribution >= 0.6 is 0 Å². The van der Waals surface area contributed by atoms with Crippen LogP contribution in [0, 0.1) is 17.8 Å². The lowest BCUT2D eigenvalue weighted by molar-refractivity contribution is -0.121. The van der Waals surface area contributed by atoms with Crippen molar-refractivity contribution in [1.82, 2.24) is 19.8 Å². The van der Waals surface area contributed by atoms with E-state index in [9.17, 15) is 22.8 Å². The fraction of sp³-hybridized carbons (Fsp3) is 0.591. The predicted octanol–water partition coefficient (Wildman–Crippen LogP) is 1.41. The van der Waals surface area contributed by atoms with Gasteiger partial charge in [-0.05, 0) is 49.3 Å². The summed E-state index contributed by atoms with van der Waals surface area (Å²) in [6, 6.07) is 5.05. The predicted molar refractivity (Wildman–Crippen MR) is 117 cm³/mol. The third kappa shape index (κ3) is 4.52. The molecule has 0 aromatic heterocycles. The van der Waals surface area contributed by atoms with Gasteiger partial charge >= 0.3 is 6.03 Å². The Morgan fingerprint density at radius 1 is 1.09 bits per heavy atom. The largest absolute Gasteiger partial charge is 0.338 e. The van der Waals surface area contributed by atoms with Gasteiger partial charge in [0.1, 0.15) is 6.04 Å². The van der Waals surface area contributed by atoms with E-state index in [-0.39, 0.29) is 34.5 Å². The average molecular weight is 463 g/mol. The Hall–Kier alpha value is -2.46. The van der Waals surface area contributed by atoms with Crippen molar-refractivity contribution >= 4 is 27.9 Å². The van der Waals surface area contributed by atoms with Crippen molar-refractivity contribution < 1.29 is 22.8 Å². The SMILES string of the molecule is C[C@@H]1C[C@H](C)CN(S(=O)(=O)c2cccc(C(=O)N3CCC[C@@H]([C@H]4NC(=O)NC4=O)C3)c2)C1. The number of rotatable bonds is 4. The maximum absolute atomic E-state index is 13.2. The first-order chi connectivity index (χ1) is 15.1. The highest BCUT2D eigenvalue weighted by molar-refractivity contribution is 7.89. The molecule has 1 aromatic rings. The van der Waals surface area contributed by atoms with Crippen molar-refractivity contribution in [2.75, 3.05) is 26.2 Å². The number of likely N-dealkylation sites (tertiary alicyclic amines) is 1. The minimum atomic E-state index is -3.69. The summed E-state index contributed by atoms with van der Waals surface area (Å²) in [6.07, 6.45) is 2.43. The maximum atomic E-state index is 13.2. The number of nitrogens with zero attached hydrogens (tertiary/aromatic N) is 2. The smallest absolute Gasteiger partial charge is 0.322 e. The van der Waals surface area contributed by atoms with Crippen LogP contribution in [0.2, 0.25) is 0 Å². The minimum absolute atomic E-state index is 0.126. The van der Waals surface area contributed by atoms with E-state index in [0.717, 1.165) is 12.8 Å². The molecule has 3 fully saturated rings. The standard InChI is InChI=1S/C22H30N4O5S/c1-14-9-15(2)12-26(11-14)32(30,31)18-7-3-5-16(10-18)21(28)25-8-4-6-17(13-25)19-20(27)24-22(29)23-19/h3,5,7,10,14-15,17,19H,4,6,8-9,11-13H2,1-2H3,(H2,23,24,27,29)/t14-,15+,17-,19-/m1/s1. The Labute approximate surface area is 188 Å². The fourth-order valence-electron chi connectivity index (χ4n) is 5.15. The summed E-state index contributed by atoms with van der Waals surface area (Å²) in [5.74, 6) is -0.236. The van der Waals surface area contributed by atoms with E-state index in [4.69, 9.17) is 0 Å². The zero-order valence-corrected chi connectivity index (χ0v) is 19.2. The van der Waals surface area contributed by atoms with Crippen molar-refractivity contribution in [2.45, 2.75) is 44.0 Å². The molecule has 10 heteroatoms. The number of hydrogen-bond donors (Lipinski definition) is 2. The van der Waals surface area contributed by atoms with Crippen molar-refractivity contribution in [3.05, 3.63) is 29.8 Å². The van der Waals surface area contributed by atoms with Crippen molar-refractivity contribution in [3.63, 3.8) is 0 Å². The Balaban J connectivity index is 1.51. The van der Waals surface area contributed by atoms with Gasteiger partial charge in [0.2, 0.25) is 10.0 Å². The number of amides is 4. The van der Waals surface area contributed by atoms with Gasteiger partial charge in [0, 0.05) is 37.7 Å². The summed E-state index contributed by atoms with van der Waals surface area (Å²) in [6.45, 7) is 5.92. The molecule has 0 saturated carbocycles. The van der Waals surface area contributed by atoms with Crippen molar-refractivity contribution in [2.24, 2.45) is 17.8 Å². The van der Waals surface area contributed by atoms with Gasteiger partial charge < -0.3 is 10.2 Å². The number of imide groups is 1. The van der Waals surface area contributed by atoms with Crippen LogP contribution in [0.15, 0.2) is 29.2 Å². The minimum Gasteiger partial charge on any atom is -0.338 e. The molecule has 2 N–H and O–H groups in total. The van der Waals surface area contributed by atoms with E-state index in [2.05, 4.69) is 24.5 Å². The van der Waals surface area contributed by atoms with Gasteiger partial charge in [0.25, 0.3) is 11.8 Å². The van der Waals surface area contributed by atoms with Crippen LogP contribution in [0.5, 0.6) is 0 Å². The van der Waals surface area contributed by atoms with E-state index < -0.39 is 22.1 Å². The van der Waals surface area contributed by atoms with E-state index in [0.29, 0.717) is 38.2 Å². The van der Waals surface area contributed by atoms with Gasteiger partial charge in [-0.2, -0.15) is 4.31 Å². The van der Waals surface area contributed by atoms with Crippen LogP contribution in [0.25, 0.3) is 0 Å². The summed E-state index contributed by atoms with van der Waals surface area (Å²) in [4.78, 5) is 38.4. The van der Waals surface area contributed by atoms with Gasteiger partial charge in [0.05, 0.1) is 4.90 Å². The molecular weight excluding hydrogens is 432 g/mol. The molecular formula is C22H30N4O5S. The lowest BCUT2D eigenvalue weighted by Crippen LogP contribution is -2.48. The number of benzene rings is 1. The van der Waals surface area contributed by atoms with Crippen LogP contribution in [0.1, 0.15) is 43.5 Å². The van der Waals surface area contributed by atoms with Crippen LogP contribution in [-0.4, -0.2) is 67.7 Å². The molecule has 174 valence electrons. The number of nitrogens with one attached hydrogen (secondary N) is 2. The zero-order chi connectivity index (χ0) is 23.0. The molecule has 0 spiro atoms. The molecule has 9 nitrogen and oxygen atoms in total. The molecule has 0 bridgehead atoms. The summed E-state index contributed by atoms with van der Waals surface area (Å²) in [5.41, 5.74) is 0.310. The normalized spacial score (nSPS) is 29.5. The van der Waals surface area contributed by atoms with E-state index in [1.807, 2.05) is 0 Å². The van der Waals surface area contributed by atoms with Crippen molar-refractivity contribution in [1.29, 1.82) is 0 Å². The number of sulfonamides is 1. The number of carbonyl (C=O) groups is 3. The fourth-order valence-corrected chi connectivity index (χ4v) is 6.88. The Morgan fingerprint density at radius 3 is 2.47 bits per heavy atom. The molecule has 4 rings (SSSR count). The Bertz CT molecular complexity index is 1020. The first-order valence-corrected chi connectivity index (χ1v) is 12.6. The molecule has 3 saturated heterocycles. The van der Waals surface area contributed by atoms with Gasteiger partial charge in [-0.25, -0.2) is 13.2 Å². The van der Waals surface area contributed by atoms with Crippen LogP contribution in [-0.2, 0) is 14.8 Å². The summed E-state index contributed by atoms with van der Waals surface area (Å²) >= 11 is 0. The summed E-state index contributed by atoms with van der Waals surface area (Å²) in [5, 5.41) is 4.86. The molecule has 0 radical (unpaired) electrons. The lowest BCUT2D eigenvalue weighted by Gasteiger charge is -2.35. The molecule has 0 unspecified atom stereocenters. The highest BCUT2D eigenvalue weighted by Crippen LogP contribution is 2.28. The van der Waals surface area contributed by atoms with Crippen LogP contribution < -0.4 is 10.6 Å². The molecule has 4 amide bonds. The first kappa shape index (κ1) is 22.7. The Kier molecular flexibility index (Phi) is 6.26. The highest BCUT2D eigenvalue weighted by Gasteiger charge is 2.39. The summed E-state index contributed by atoms with van der Waals surface area (Å²) in [7, 11) is -3.69. The van der Waals surface area contributed by atoms with Crippen LogP contribution in [0.3, 0.4) is 0 Å². The van der Waals surface area contributed by atoms with Crippen LogP contribution in [0.4, 0.5) is 4.79 Å². The van der Waals surface area contributed by atoms with Gasteiger partial charge in [-0.15, -0.1) is 0 Å². The topological polar surface area (TPSA) is 116 Å². The average Bonchev–Trinajstić information content (AvgIpc) is 3.10. The van der Waals surface area contributed by atoms with E-state index >= 15 is 0 Å². The van der Waals surface area contributed by atoms with Crippen molar-refractivity contribution in [3.8, 4) is 0 Å². The van der Waals surface area contributed by atoms with E-state index in [1.165, 1.54) is 16.4 Å². The number of urea groups is 1. The first-order valence-electron chi connectivity index (χ1n) is 11.2. The third-order valence-electron chi connectivity index (χ3n) is 6.58. The number of carbonyl (C=O) groups excluding carboxylic acids is 3. The molecule has 4 atom stereocenters. The van der Waals surface area contributed by atoms with Gasteiger partial charge in [-0.1, -0.05) is 19.9 Å². The highest BCUT2D eigenvalue weighted by atomic mass is 32.2. The Morgan fingerprint density at radius 2 is 1.81 bits per heavy atom. The van der Waals surface area contributed by atoms with Gasteiger partial charge in [-0.3, -0.25) is 14.9 Å². The quantitative estimate of drug-likeness (QED) is 0.657. The van der Waals surface area contributed by atoms with Gasteiger partial charge in [0.15, 0.2) is 0 Å². The zero-order valence-electron chi connectivity index (χ0n) is 18.4. The monoisotopic (exact) mass is 462 g/mol. The molecule has 3 heterocycles. The molecule has 0 aliphatic carbocycles. The molecule has 3 aliphatic rings. The summed E-state index contributed by atoms with van der Waals surface area (Å²) < 4.78 is 28.0. The van der Waals surface area contributed by atoms with E-state index in [1.54, 1.807) is 17.0 Å². The molecule has 1 aromatic carbocycles. The second-order valence-electron chi connectivity index (χ2n) is 9.39. The second-order valence-corrected chi connectivity index (χ2v) is 11.3. The molecule has 32 heavy (non-hydrogen) atoms. The molecule has 3 aliphatic heterocycles. The second kappa shape index (κ2) is 8.82. The number of piperidine rings is 2.